The SMILES string of the molecule is CC(C)[C@@H](C)NCc1ccc(Cl)c(F)c1. The summed E-state index contributed by atoms with van der Waals surface area (Å²) in [7, 11) is 0. The van der Waals surface area contributed by atoms with Gasteiger partial charge in [0.05, 0.1) is 5.02 Å². The number of rotatable bonds is 4. The predicted molar refractivity (Wildman–Crippen MR) is 62.5 cm³/mol. The molecule has 0 aliphatic rings. The van der Waals surface area contributed by atoms with Crippen molar-refractivity contribution in [2.45, 2.75) is 33.4 Å². The summed E-state index contributed by atoms with van der Waals surface area (Å²) < 4.78 is 13.1. The molecular weight excluding hydrogens is 213 g/mol. The largest absolute Gasteiger partial charge is 0.310 e. The van der Waals surface area contributed by atoms with Crippen LogP contribution in [0.4, 0.5) is 4.39 Å². The highest BCUT2D eigenvalue weighted by Crippen LogP contribution is 2.15. The van der Waals surface area contributed by atoms with Gasteiger partial charge >= 0.3 is 0 Å². The summed E-state index contributed by atoms with van der Waals surface area (Å²) in [6.07, 6.45) is 0. The molecule has 0 saturated carbocycles. The molecule has 0 fully saturated rings. The van der Waals surface area contributed by atoms with Crippen molar-refractivity contribution < 1.29 is 4.39 Å². The lowest BCUT2D eigenvalue weighted by Crippen LogP contribution is -2.30. The fourth-order valence-electron chi connectivity index (χ4n) is 1.16. The summed E-state index contributed by atoms with van der Waals surface area (Å²) in [6, 6.07) is 5.32. The van der Waals surface area contributed by atoms with Gasteiger partial charge < -0.3 is 5.32 Å². The molecule has 0 bridgehead atoms. The molecule has 1 rings (SSSR count). The third-order valence-corrected chi connectivity index (χ3v) is 2.92. The van der Waals surface area contributed by atoms with E-state index in [4.69, 9.17) is 11.6 Å². The van der Waals surface area contributed by atoms with Gasteiger partial charge in [-0.2, -0.15) is 0 Å². The van der Waals surface area contributed by atoms with Gasteiger partial charge in [0.2, 0.25) is 0 Å². The van der Waals surface area contributed by atoms with Gasteiger partial charge in [-0.05, 0) is 30.5 Å². The first-order valence-electron chi connectivity index (χ1n) is 5.18. The second kappa shape index (κ2) is 5.47. The van der Waals surface area contributed by atoms with E-state index < -0.39 is 0 Å². The Labute approximate surface area is 95.6 Å². The van der Waals surface area contributed by atoms with Gasteiger partial charge in [-0.1, -0.05) is 31.5 Å². The lowest BCUT2D eigenvalue weighted by atomic mass is 10.1. The van der Waals surface area contributed by atoms with Crippen LogP contribution >= 0.6 is 11.6 Å². The highest BCUT2D eigenvalue weighted by Gasteiger charge is 2.06. The van der Waals surface area contributed by atoms with Crippen LogP contribution in [-0.4, -0.2) is 6.04 Å². The van der Waals surface area contributed by atoms with E-state index in [0.717, 1.165) is 5.56 Å². The maximum atomic E-state index is 13.1. The molecule has 0 aromatic heterocycles. The van der Waals surface area contributed by atoms with Crippen LogP contribution in [0, 0.1) is 11.7 Å². The number of hydrogen-bond donors (Lipinski definition) is 1. The maximum Gasteiger partial charge on any atom is 0.142 e. The number of halogens is 2. The summed E-state index contributed by atoms with van der Waals surface area (Å²) in [6.45, 7) is 7.10. The summed E-state index contributed by atoms with van der Waals surface area (Å²) in [5.41, 5.74) is 0.921. The summed E-state index contributed by atoms with van der Waals surface area (Å²) in [4.78, 5) is 0. The Hall–Kier alpha value is -0.600. The summed E-state index contributed by atoms with van der Waals surface area (Å²) in [5, 5.41) is 3.51. The molecule has 15 heavy (non-hydrogen) atoms. The zero-order valence-electron chi connectivity index (χ0n) is 9.35. The van der Waals surface area contributed by atoms with E-state index in [2.05, 4.69) is 26.1 Å². The molecule has 0 unspecified atom stereocenters. The van der Waals surface area contributed by atoms with E-state index in [0.29, 0.717) is 18.5 Å². The van der Waals surface area contributed by atoms with Crippen molar-refractivity contribution in [3.8, 4) is 0 Å². The van der Waals surface area contributed by atoms with Crippen molar-refractivity contribution >= 4 is 11.6 Å². The maximum absolute atomic E-state index is 13.1. The van der Waals surface area contributed by atoms with Gasteiger partial charge in [0.1, 0.15) is 5.82 Å². The number of benzene rings is 1. The fourth-order valence-corrected chi connectivity index (χ4v) is 1.28. The molecule has 0 amide bonds. The normalized spacial score (nSPS) is 13.2. The van der Waals surface area contributed by atoms with Crippen LogP contribution in [0.3, 0.4) is 0 Å². The van der Waals surface area contributed by atoms with E-state index in [-0.39, 0.29) is 10.8 Å². The monoisotopic (exact) mass is 229 g/mol. The van der Waals surface area contributed by atoms with E-state index in [1.807, 2.05) is 6.07 Å². The van der Waals surface area contributed by atoms with Gasteiger partial charge in [-0.15, -0.1) is 0 Å². The van der Waals surface area contributed by atoms with E-state index in [1.165, 1.54) is 6.07 Å². The first-order valence-corrected chi connectivity index (χ1v) is 5.56. The molecule has 0 saturated heterocycles. The van der Waals surface area contributed by atoms with Crippen molar-refractivity contribution in [3.05, 3.63) is 34.6 Å². The zero-order valence-corrected chi connectivity index (χ0v) is 10.1. The molecule has 3 heteroatoms. The van der Waals surface area contributed by atoms with Crippen molar-refractivity contribution in [1.82, 2.24) is 5.32 Å². The third kappa shape index (κ3) is 3.80. The lowest BCUT2D eigenvalue weighted by molar-refractivity contribution is 0.425. The fraction of sp³-hybridized carbons (Fsp3) is 0.500. The topological polar surface area (TPSA) is 12.0 Å². The molecule has 1 nitrogen and oxygen atoms in total. The highest BCUT2D eigenvalue weighted by molar-refractivity contribution is 6.30. The Morgan fingerprint density at radius 3 is 2.53 bits per heavy atom. The minimum atomic E-state index is -0.354. The molecule has 84 valence electrons. The summed E-state index contributed by atoms with van der Waals surface area (Å²) >= 11 is 5.60. The van der Waals surface area contributed by atoms with Crippen molar-refractivity contribution in [1.29, 1.82) is 0 Å². The second-order valence-electron chi connectivity index (χ2n) is 4.16. The Bertz CT molecular complexity index is 325. The first-order chi connectivity index (χ1) is 7.00. The van der Waals surface area contributed by atoms with Gasteiger partial charge in [-0.3, -0.25) is 0 Å². The molecule has 0 radical (unpaired) electrons. The number of hydrogen-bond acceptors (Lipinski definition) is 1. The van der Waals surface area contributed by atoms with E-state index in [1.54, 1.807) is 6.07 Å². The molecule has 0 aliphatic heterocycles. The Balaban J connectivity index is 2.55. The Kier molecular flexibility index (Phi) is 4.55. The van der Waals surface area contributed by atoms with Crippen LogP contribution in [0.5, 0.6) is 0 Å². The van der Waals surface area contributed by atoms with Crippen LogP contribution in [0.15, 0.2) is 18.2 Å². The van der Waals surface area contributed by atoms with Gasteiger partial charge in [0.25, 0.3) is 0 Å². The zero-order chi connectivity index (χ0) is 11.4. The van der Waals surface area contributed by atoms with Crippen molar-refractivity contribution in [2.24, 2.45) is 5.92 Å². The molecule has 1 atom stereocenters. The lowest BCUT2D eigenvalue weighted by Gasteiger charge is -2.17. The quantitative estimate of drug-likeness (QED) is 0.832. The van der Waals surface area contributed by atoms with Gasteiger partial charge in [0, 0.05) is 12.6 Å². The second-order valence-corrected chi connectivity index (χ2v) is 4.57. The Morgan fingerprint density at radius 2 is 2.00 bits per heavy atom. The summed E-state index contributed by atoms with van der Waals surface area (Å²) in [5.74, 6) is 0.218. The average Bonchev–Trinajstić information content (AvgIpc) is 2.19. The van der Waals surface area contributed by atoms with Crippen LogP contribution in [0.1, 0.15) is 26.3 Å². The molecule has 1 N–H and O–H groups in total. The van der Waals surface area contributed by atoms with Crippen molar-refractivity contribution in [2.75, 3.05) is 0 Å². The minimum Gasteiger partial charge on any atom is -0.310 e. The molecular formula is C12H17ClFN. The van der Waals surface area contributed by atoms with Crippen LogP contribution in [0.2, 0.25) is 5.02 Å². The van der Waals surface area contributed by atoms with Crippen LogP contribution < -0.4 is 5.32 Å². The third-order valence-electron chi connectivity index (χ3n) is 2.61. The molecule has 0 heterocycles. The Morgan fingerprint density at radius 1 is 1.33 bits per heavy atom. The standard InChI is InChI=1S/C12H17ClFN/c1-8(2)9(3)15-7-10-4-5-11(13)12(14)6-10/h4-6,8-9,15H,7H2,1-3H3/t9-/m1/s1. The van der Waals surface area contributed by atoms with Crippen molar-refractivity contribution in [3.63, 3.8) is 0 Å². The smallest absolute Gasteiger partial charge is 0.142 e. The van der Waals surface area contributed by atoms with E-state index >= 15 is 0 Å². The molecule has 0 spiro atoms. The molecule has 1 aromatic rings. The molecule has 0 aliphatic carbocycles. The van der Waals surface area contributed by atoms with Gasteiger partial charge in [-0.25, -0.2) is 4.39 Å². The van der Waals surface area contributed by atoms with Crippen LogP contribution in [0.25, 0.3) is 0 Å². The molecule has 1 aromatic carbocycles. The highest BCUT2D eigenvalue weighted by atomic mass is 35.5. The number of nitrogens with one attached hydrogen (secondary N) is 1. The van der Waals surface area contributed by atoms with Crippen LogP contribution in [-0.2, 0) is 6.54 Å². The van der Waals surface area contributed by atoms with Gasteiger partial charge in [0.15, 0.2) is 0 Å². The van der Waals surface area contributed by atoms with E-state index in [9.17, 15) is 4.39 Å². The minimum absolute atomic E-state index is 0.177. The first kappa shape index (κ1) is 12.5. The predicted octanol–water partition coefficient (Wildman–Crippen LogP) is 3.61. The average molecular weight is 230 g/mol.